The molecule has 0 aliphatic heterocycles. The van der Waals surface area contributed by atoms with Crippen LogP contribution in [0.4, 0.5) is 0 Å². The van der Waals surface area contributed by atoms with E-state index < -0.39 is 8.80 Å². The number of hydrogen-bond acceptors (Lipinski definition) is 6. The van der Waals surface area contributed by atoms with Gasteiger partial charge in [-0.3, -0.25) is 0 Å². The van der Waals surface area contributed by atoms with E-state index >= 15 is 0 Å². The zero-order valence-electron chi connectivity index (χ0n) is 18.7. The zero-order valence-corrected chi connectivity index (χ0v) is 19.7. The van der Waals surface area contributed by atoms with Crippen LogP contribution < -0.4 is 0 Å². The van der Waals surface area contributed by atoms with Gasteiger partial charge in [0.15, 0.2) is 0 Å². The van der Waals surface area contributed by atoms with E-state index in [1.54, 1.807) is 0 Å². The quantitative estimate of drug-likeness (QED) is 0.218. The van der Waals surface area contributed by atoms with E-state index in [-0.39, 0.29) is 0 Å². The van der Waals surface area contributed by atoms with E-state index in [1.807, 2.05) is 20.8 Å². The fraction of sp³-hybridized carbons (Fsp3) is 0.750. The maximum Gasteiger partial charge on any atom is 0.791 e. The maximum absolute atomic E-state index is 5.70. The molecule has 0 rings (SSSR count). The summed E-state index contributed by atoms with van der Waals surface area (Å²) in [4.78, 5) is 0. The molecule has 0 amide bonds. The van der Waals surface area contributed by atoms with Crippen LogP contribution in [0.25, 0.3) is 0 Å². The minimum Gasteiger partial charge on any atom is -0.370 e. The van der Waals surface area contributed by atoms with Crippen LogP contribution in [0.15, 0.2) is 27.7 Å². The topological polar surface area (TPSA) is 64.8 Å². The molecule has 0 saturated carbocycles. The third-order valence-electron chi connectivity index (χ3n) is 3.35. The minimum absolute atomic E-state index is 0.483. The van der Waals surface area contributed by atoms with E-state index in [9.17, 15) is 0 Å². The second-order valence-electron chi connectivity index (χ2n) is 8.36. The van der Waals surface area contributed by atoms with Crippen molar-refractivity contribution in [1.29, 1.82) is 0 Å². The maximum atomic E-state index is 5.70. The van der Waals surface area contributed by atoms with Crippen molar-refractivity contribution < 1.29 is 13.6 Å². The minimum atomic E-state index is -3.41. The Morgan fingerprint density at radius 1 is 0.704 bits per heavy atom. The predicted octanol–water partition coefficient (Wildman–Crippen LogP) is 5.97. The SMILES string of the molecule is C=C[Si](O/N=C(/C)CC(C)C)(O/N=C(/C)CC(C)C)O/N=C(/C)CC(C)C. The predicted molar refractivity (Wildman–Crippen MR) is 117 cm³/mol. The van der Waals surface area contributed by atoms with E-state index in [0.29, 0.717) is 17.8 Å². The second kappa shape index (κ2) is 12.7. The van der Waals surface area contributed by atoms with Crippen molar-refractivity contribution >= 4 is 25.9 Å². The van der Waals surface area contributed by atoms with Gasteiger partial charge in [0, 0.05) is 5.70 Å². The van der Waals surface area contributed by atoms with Crippen LogP contribution in [0.1, 0.15) is 81.6 Å². The lowest BCUT2D eigenvalue weighted by atomic mass is 10.1. The Morgan fingerprint density at radius 2 is 0.963 bits per heavy atom. The van der Waals surface area contributed by atoms with Gasteiger partial charge in [-0.05, 0) is 57.8 Å². The summed E-state index contributed by atoms with van der Waals surface area (Å²) in [6.45, 7) is 22.4. The molecule has 0 fully saturated rings. The average molecular weight is 398 g/mol. The molecule has 0 N–H and O–H groups in total. The fourth-order valence-corrected chi connectivity index (χ4v) is 3.64. The Hall–Kier alpha value is -1.63. The first-order valence-electron chi connectivity index (χ1n) is 9.78. The highest BCUT2D eigenvalue weighted by atomic mass is 28.4. The average Bonchev–Trinajstić information content (AvgIpc) is 2.52. The first-order valence-corrected chi connectivity index (χ1v) is 11.6. The van der Waals surface area contributed by atoms with Crippen LogP contribution in [0.3, 0.4) is 0 Å². The molecule has 7 heteroatoms. The normalized spacial score (nSPS) is 14.1. The van der Waals surface area contributed by atoms with Crippen LogP contribution in [-0.4, -0.2) is 25.9 Å². The van der Waals surface area contributed by atoms with Gasteiger partial charge >= 0.3 is 8.80 Å². The molecular formula is C20H39N3O3Si. The fourth-order valence-electron chi connectivity index (χ4n) is 2.47. The molecule has 0 atom stereocenters. The third-order valence-corrected chi connectivity index (χ3v) is 4.88. The zero-order chi connectivity index (χ0) is 21.0. The molecule has 0 bridgehead atoms. The lowest BCUT2D eigenvalue weighted by molar-refractivity contribution is 0.0781. The van der Waals surface area contributed by atoms with Crippen molar-refractivity contribution in [1.82, 2.24) is 0 Å². The van der Waals surface area contributed by atoms with Crippen molar-refractivity contribution in [3.8, 4) is 0 Å². The molecule has 0 radical (unpaired) electrons. The smallest absolute Gasteiger partial charge is 0.370 e. The summed E-state index contributed by atoms with van der Waals surface area (Å²) >= 11 is 0. The Morgan fingerprint density at radius 3 is 1.15 bits per heavy atom. The van der Waals surface area contributed by atoms with Gasteiger partial charge in [0.2, 0.25) is 0 Å². The van der Waals surface area contributed by atoms with E-state index in [1.165, 1.54) is 5.70 Å². The number of rotatable bonds is 13. The van der Waals surface area contributed by atoms with Gasteiger partial charge < -0.3 is 13.6 Å². The molecule has 6 nitrogen and oxygen atoms in total. The Bertz CT molecular complexity index is 471. The molecule has 0 aliphatic rings. The molecule has 0 aliphatic carbocycles. The number of nitrogens with zero attached hydrogens (tertiary/aromatic N) is 3. The van der Waals surface area contributed by atoms with E-state index in [0.717, 1.165) is 36.4 Å². The molecule has 0 aromatic rings. The largest absolute Gasteiger partial charge is 0.791 e. The molecule has 156 valence electrons. The van der Waals surface area contributed by atoms with Gasteiger partial charge in [0.25, 0.3) is 0 Å². The van der Waals surface area contributed by atoms with E-state index in [2.05, 4.69) is 63.6 Å². The highest BCUT2D eigenvalue weighted by Gasteiger charge is 2.49. The number of oxime groups is 3. The van der Waals surface area contributed by atoms with Gasteiger partial charge in [-0.2, -0.15) is 0 Å². The van der Waals surface area contributed by atoms with Crippen LogP contribution in [0.2, 0.25) is 0 Å². The van der Waals surface area contributed by atoms with Crippen LogP contribution in [0, 0.1) is 17.8 Å². The third kappa shape index (κ3) is 12.4. The Balaban J connectivity index is 5.44. The first-order chi connectivity index (χ1) is 12.5. The van der Waals surface area contributed by atoms with Gasteiger partial charge in [0.1, 0.15) is 0 Å². The molecule has 0 spiro atoms. The summed E-state index contributed by atoms with van der Waals surface area (Å²) in [6, 6.07) is 0. The van der Waals surface area contributed by atoms with Gasteiger partial charge in [-0.1, -0.05) is 48.1 Å². The lowest BCUT2D eigenvalue weighted by Crippen LogP contribution is -2.40. The van der Waals surface area contributed by atoms with Crippen molar-refractivity contribution in [2.45, 2.75) is 81.6 Å². The highest BCUT2D eigenvalue weighted by molar-refractivity contribution is 6.66. The summed E-state index contributed by atoms with van der Waals surface area (Å²) in [7, 11) is -3.41. The second-order valence-corrected chi connectivity index (χ2v) is 10.5. The summed E-state index contributed by atoms with van der Waals surface area (Å²) in [6.07, 6.45) is 2.48. The molecular weight excluding hydrogens is 358 g/mol. The van der Waals surface area contributed by atoms with Crippen LogP contribution >= 0.6 is 0 Å². The summed E-state index contributed by atoms with van der Waals surface area (Å²) < 4.78 is 17.1. The molecule has 27 heavy (non-hydrogen) atoms. The summed E-state index contributed by atoms with van der Waals surface area (Å²) in [5.41, 5.74) is 4.10. The first kappa shape index (κ1) is 25.4. The monoisotopic (exact) mass is 397 g/mol. The van der Waals surface area contributed by atoms with Crippen LogP contribution in [0.5, 0.6) is 0 Å². The molecule has 0 saturated heterocycles. The van der Waals surface area contributed by atoms with E-state index in [4.69, 9.17) is 13.6 Å². The van der Waals surface area contributed by atoms with Gasteiger partial charge in [-0.15, -0.1) is 15.5 Å². The van der Waals surface area contributed by atoms with Crippen molar-refractivity contribution in [2.24, 2.45) is 33.2 Å². The molecule has 0 aromatic carbocycles. The Kier molecular flexibility index (Phi) is 11.9. The highest BCUT2D eigenvalue weighted by Crippen LogP contribution is 2.16. The molecule has 0 unspecified atom stereocenters. The van der Waals surface area contributed by atoms with Crippen LogP contribution in [-0.2, 0) is 13.6 Å². The van der Waals surface area contributed by atoms with Crippen molar-refractivity contribution in [3.63, 3.8) is 0 Å². The van der Waals surface area contributed by atoms with Crippen molar-refractivity contribution in [3.05, 3.63) is 12.3 Å². The molecule has 0 heterocycles. The molecule has 0 aromatic heterocycles. The van der Waals surface area contributed by atoms with Gasteiger partial charge in [0.05, 0.1) is 17.1 Å². The lowest BCUT2D eigenvalue weighted by Gasteiger charge is -2.20. The summed E-state index contributed by atoms with van der Waals surface area (Å²) in [5.74, 6) is 1.45. The van der Waals surface area contributed by atoms with Gasteiger partial charge in [-0.25, -0.2) is 0 Å². The standard InChI is InChI=1S/C20H39N3O3Si/c1-11-27(24-21-18(8)12-15(2)3,25-22-19(9)13-16(4)5)26-23-20(10)14-17(6)7/h11,15-17H,1,12-14H2,2-10H3/b21-18-,22-19-,23-20-. The summed E-state index contributed by atoms with van der Waals surface area (Å²) in [5, 5.41) is 12.6. The Labute approximate surface area is 167 Å². The number of hydrogen-bond donors (Lipinski definition) is 0. The van der Waals surface area contributed by atoms with Crippen molar-refractivity contribution in [2.75, 3.05) is 0 Å².